The molecule has 0 saturated heterocycles. The number of benzene rings is 2. The van der Waals surface area contributed by atoms with Gasteiger partial charge in [-0.1, -0.05) is 50.2 Å². The Labute approximate surface area is 142 Å². The van der Waals surface area contributed by atoms with Gasteiger partial charge in [-0.05, 0) is 36.1 Å². The molecule has 2 rings (SSSR count). The van der Waals surface area contributed by atoms with Gasteiger partial charge in [0.05, 0.1) is 24.3 Å². The van der Waals surface area contributed by atoms with E-state index in [1.165, 1.54) is 0 Å². The lowest BCUT2D eigenvalue weighted by atomic mass is 9.95. The lowest BCUT2D eigenvalue weighted by Crippen LogP contribution is -2.10. The Morgan fingerprint density at radius 2 is 1.08 bits per heavy atom. The molecule has 0 aliphatic carbocycles. The third-order valence-electron chi connectivity index (χ3n) is 3.46. The average Bonchev–Trinajstić information content (AvgIpc) is 2.64. The Kier molecular flexibility index (Phi) is 6.55. The third-order valence-corrected chi connectivity index (χ3v) is 3.46. The van der Waals surface area contributed by atoms with Crippen LogP contribution in [0.25, 0.3) is 11.1 Å². The highest BCUT2D eigenvalue weighted by atomic mass is 16.5. The van der Waals surface area contributed by atoms with Gasteiger partial charge in [0.2, 0.25) is 0 Å². The summed E-state index contributed by atoms with van der Waals surface area (Å²) in [5, 5.41) is 0. The van der Waals surface area contributed by atoms with Gasteiger partial charge in [0.25, 0.3) is 0 Å². The van der Waals surface area contributed by atoms with Crippen molar-refractivity contribution >= 4 is 11.9 Å². The van der Waals surface area contributed by atoms with Gasteiger partial charge in [0.15, 0.2) is 0 Å². The van der Waals surface area contributed by atoms with Crippen LogP contribution in [-0.4, -0.2) is 25.2 Å². The maximum absolute atomic E-state index is 12.3. The van der Waals surface area contributed by atoms with Crippen molar-refractivity contribution in [3.63, 3.8) is 0 Å². The monoisotopic (exact) mass is 326 g/mol. The lowest BCUT2D eigenvalue weighted by molar-refractivity contribution is 0.0494. The first-order valence-electron chi connectivity index (χ1n) is 8.21. The number of ether oxygens (including phenoxy) is 2. The first-order valence-corrected chi connectivity index (χ1v) is 8.21. The molecule has 0 atom stereocenters. The van der Waals surface area contributed by atoms with Crippen LogP contribution in [0.2, 0.25) is 0 Å². The van der Waals surface area contributed by atoms with Crippen LogP contribution in [0.5, 0.6) is 0 Å². The van der Waals surface area contributed by atoms with Crippen molar-refractivity contribution in [1.82, 2.24) is 0 Å². The first kappa shape index (κ1) is 17.7. The Morgan fingerprint density at radius 1 is 0.708 bits per heavy atom. The second-order valence-corrected chi connectivity index (χ2v) is 5.36. The summed E-state index contributed by atoms with van der Waals surface area (Å²) in [4.78, 5) is 24.6. The summed E-state index contributed by atoms with van der Waals surface area (Å²) < 4.78 is 10.5. The van der Waals surface area contributed by atoms with Crippen molar-refractivity contribution in [2.24, 2.45) is 0 Å². The van der Waals surface area contributed by atoms with Crippen LogP contribution in [0.3, 0.4) is 0 Å². The molecule has 126 valence electrons. The molecule has 0 N–H and O–H groups in total. The summed E-state index contributed by atoms with van der Waals surface area (Å²) in [5.74, 6) is -0.770. The highest BCUT2D eigenvalue weighted by Crippen LogP contribution is 2.28. The number of carbonyl (C=O) groups is 2. The Hall–Kier alpha value is -2.62. The molecule has 2 aromatic carbocycles. The van der Waals surface area contributed by atoms with Crippen molar-refractivity contribution in [3.05, 3.63) is 59.7 Å². The maximum Gasteiger partial charge on any atom is 0.338 e. The van der Waals surface area contributed by atoms with Gasteiger partial charge >= 0.3 is 11.9 Å². The van der Waals surface area contributed by atoms with Crippen LogP contribution >= 0.6 is 0 Å². The van der Waals surface area contributed by atoms with E-state index in [9.17, 15) is 9.59 Å². The number of hydrogen-bond donors (Lipinski definition) is 0. The van der Waals surface area contributed by atoms with E-state index in [0.29, 0.717) is 35.5 Å². The second kappa shape index (κ2) is 8.87. The van der Waals surface area contributed by atoms with E-state index in [0.717, 1.165) is 12.8 Å². The number of hydrogen-bond acceptors (Lipinski definition) is 4. The topological polar surface area (TPSA) is 52.6 Å². The molecule has 4 nitrogen and oxygen atoms in total. The van der Waals surface area contributed by atoms with Gasteiger partial charge in [-0.2, -0.15) is 0 Å². The molecular formula is C20H22O4. The molecule has 0 bridgehead atoms. The van der Waals surface area contributed by atoms with Crippen LogP contribution in [0.15, 0.2) is 48.5 Å². The standard InChI is InChI=1S/C20H22O4/c1-3-13-23-19(21)17-11-7-5-9-15(17)16-10-6-8-12-18(16)20(22)24-14-4-2/h5-12H,3-4,13-14H2,1-2H3. The predicted molar refractivity (Wildman–Crippen MR) is 93.0 cm³/mol. The highest BCUT2D eigenvalue weighted by molar-refractivity contribution is 6.03. The van der Waals surface area contributed by atoms with Gasteiger partial charge in [-0.15, -0.1) is 0 Å². The second-order valence-electron chi connectivity index (χ2n) is 5.36. The summed E-state index contributed by atoms with van der Waals surface area (Å²) in [5.41, 5.74) is 2.23. The van der Waals surface area contributed by atoms with E-state index in [4.69, 9.17) is 9.47 Å². The van der Waals surface area contributed by atoms with E-state index in [1.54, 1.807) is 24.3 Å². The minimum Gasteiger partial charge on any atom is -0.462 e. The minimum atomic E-state index is -0.385. The summed E-state index contributed by atoms with van der Waals surface area (Å²) in [6, 6.07) is 14.3. The largest absolute Gasteiger partial charge is 0.462 e. The maximum atomic E-state index is 12.3. The van der Waals surface area contributed by atoms with E-state index >= 15 is 0 Å². The van der Waals surface area contributed by atoms with Gasteiger partial charge in [0, 0.05) is 0 Å². The fourth-order valence-corrected chi connectivity index (χ4v) is 2.34. The quantitative estimate of drug-likeness (QED) is 0.704. The molecule has 0 saturated carbocycles. The van der Waals surface area contributed by atoms with Gasteiger partial charge in [-0.25, -0.2) is 9.59 Å². The molecule has 0 aromatic heterocycles. The molecule has 2 aromatic rings. The van der Waals surface area contributed by atoms with Crippen molar-refractivity contribution in [1.29, 1.82) is 0 Å². The molecule has 0 aliphatic rings. The number of carbonyl (C=O) groups excluding carboxylic acids is 2. The Morgan fingerprint density at radius 3 is 1.46 bits per heavy atom. The van der Waals surface area contributed by atoms with Gasteiger partial charge in [0.1, 0.15) is 0 Å². The van der Waals surface area contributed by atoms with Crippen molar-refractivity contribution in [3.8, 4) is 11.1 Å². The zero-order chi connectivity index (χ0) is 17.4. The molecule has 0 amide bonds. The third kappa shape index (κ3) is 4.22. The molecule has 0 unspecified atom stereocenters. The predicted octanol–water partition coefficient (Wildman–Crippen LogP) is 4.49. The molecule has 24 heavy (non-hydrogen) atoms. The molecule has 0 radical (unpaired) electrons. The van der Waals surface area contributed by atoms with Gasteiger partial charge < -0.3 is 9.47 Å². The summed E-state index contributed by atoms with van der Waals surface area (Å²) in [6.07, 6.45) is 1.52. The van der Waals surface area contributed by atoms with E-state index in [-0.39, 0.29) is 11.9 Å². The highest BCUT2D eigenvalue weighted by Gasteiger charge is 2.19. The van der Waals surface area contributed by atoms with Crippen molar-refractivity contribution < 1.29 is 19.1 Å². The van der Waals surface area contributed by atoms with Crippen molar-refractivity contribution in [2.45, 2.75) is 26.7 Å². The smallest absolute Gasteiger partial charge is 0.338 e. The van der Waals surface area contributed by atoms with Crippen molar-refractivity contribution in [2.75, 3.05) is 13.2 Å². The summed E-state index contributed by atoms with van der Waals surface area (Å²) >= 11 is 0. The molecule has 0 fully saturated rings. The fourth-order valence-electron chi connectivity index (χ4n) is 2.34. The SMILES string of the molecule is CCCOC(=O)c1ccccc1-c1ccccc1C(=O)OCCC. The van der Waals surface area contributed by atoms with E-state index in [1.807, 2.05) is 38.1 Å². The molecule has 0 spiro atoms. The van der Waals surface area contributed by atoms with Gasteiger partial charge in [-0.3, -0.25) is 0 Å². The van der Waals surface area contributed by atoms with Crippen LogP contribution in [-0.2, 0) is 9.47 Å². The molecule has 4 heteroatoms. The fraction of sp³-hybridized carbons (Fsp3) is 0.300. The summed E-state index contributed by atoms with van der Waals surface area (Å²) in [7, 11) is 0. The molecular weight excluding hydrogens is 304 g/mol. The first-order chi connectivity index (χ1) is 11.7. The normalized spacial score (nSPS) is 10.2. The van der Waals surface area contributed by atoms with Crippen LogP contribution in [0.4, 0.5) is 0 Å². The number of rotatable bonds is 7. The molecule has 0 aliphatic heterocycles. The Bertz CT molecular complexity index is 645. The zero-order valence-corrected chi connectivity index (χ0v) is 14.1. The van der Waals surface area contributed by atoms with Crippen LogP contribution in [0, 0.1) is 0 Å². The van der Waals surface area contributed by atoms with E-state index in [2.05, 4.69) is 0 Å². The molecule has 0 heterocycles. The zero-order valence-electron chi connectivity index (χ0n) is 14.1. The summed E-state index contributed by atoms with van der Waals surface area (Å²) in [6.45, 7) is 4.62. The average molecular weight is 326 g/mol. The van der Waals surface area contributed by atoms with Crippen LogP contribution in [0.1, 0.15) is 47.4 Å². The van der Waals surface area contributed by atoms with Crippen LogP contribution < -0.4 is 0 Å². The minimum absolute atomic E-state index is 0.368. The number of esters is 2. The Balaban J connectivity index is 2.42. The lowest BCUT2D eigenvalue weighted by Gasteiger charge is -2.13. The van der Waals surface area contributed by atoms with E-state index < -0.39 is 0 Å².